The van der Waals surface area contributed by atoms with Gasteiger partial charge in [0.2, 0.25) is 5.91 Å². The van der Waals surface area contributed by atoms with Crippen LogP contribution >= 0.6 is 0 Å². The molecule has 9 nitrogen and oxygen atoms in total. The standard InChI is InChI=1S/C28H22N6O3/c35-20-6-4-16-7-9-34(23(16)11-20)26(36)22-12-24(31-15-30-22)32-19-5-3-17-13-28(14-18(17)10-19)21-2-1-8-29-25(21)33-27(28)37/h1-6,8,10-12,15,35H,7,9,13-14H2,(H,29,33,37)(H,30,31,32). The molecule has 1 atom stereocenters. The van der Waals surface area contributed by atoms with Crippen LogP contribution in [0.25, 0.3) is 0 Å². The number of nitrogens with zero attached hydrogens (tertiary/aromatic N) is 4. The van der Waals surface area contributed by atoms with Crippen molar-refractivity contribution in [2.75, 3.05) is 22.1 Å². The average molecular weight is 491 g/mol. The molecule has 0 saturated heterocycles. The summed E-state index contributed by atoms with van der Waals surface area (Å²) in [6.45, 7) is 0.531. The van der Waals surface area contributed by atoms with Crippen molar-refractivity contribution >= 4 is 34.8 Å². The van der Waals surface area contributed by atoms with Crippen LogP contribution in [0.3, 0.4) is 0 Å². The maximum atomic E-state index is 13.2. The Hall–Kier alpha value is -4.79. The van der Waals surface area contributed by atoms with Gasteiger partial charge in [0, 0.05) is 36.1 Å². The molecule has 4 aromatic rings. The molecular formula is C28H22N6O3. The van der Waals surface area contributed by atoms with Crippen molar-refractivity contribution in [3.05, 3.63) is 95.1 Å². The van der Waals surface area contributed by atoms with Crippen LogP contribution in [-0.4, -0.2) is 38.4 Å². The number of rotatable bonds is 3. The predicted molar refractivity (Wildman–Crippen MR) is 137 cm³/mol. The highest BCUT2D eigenvalue weighted by Crippen LogP contribution is 2.47. The molecular weight excluding hydrogens is 468 g/mol. The van der Waals surface area contributed by atoms with E-state index >= 15 is 0 Å². The summed E-state index contributed by atoms with van der Waals surface area (Å²) in [5, 5.41) is 16.1. The minimum atomic E-state index is -0.625. The lowest BCUT2D eigenvalue weighted by molar-refractivity contribution is -0.120. The highest BCUT2D eigenvalue weighted by molar-refractivity contribution is 6.07. The highest BCUT2D eigenvalue weighted by atomic mass is 16.3. The van der Waals surface area contributed by atoms with Crippen molar-refractivity contribution < 1.29 is 14.7 Å². The van der Waals surface area contributed by atoms with E-state index in [0.29, 0.717) is 36.7 Å². The summed E-state index contributed by atoms with van der Waals surface area (Å²) in [4.78, 5) is 40.7. The number of pyridine rings is 1. The molecule has 0 radical (unpaired) electrons. The number of carbonyl (C=O) groups is 2. The van der Waals surface area contributed by atoms with Gasteiger partial charge in [-0.25, -0.2) is 15.0 Å². The lowest BCUT2D eigenvalue weighted by atomic mass is 9.79. The molecule has 182 valence electrons. The van der Waals surface area contributed by atoms with Crippen LogP contribution in [0.5, 0.6) is 5.75 Å². The second-order valence-electron chi connectivity index (χ2n) is 9.71. The van der Waals surface area contributed by atoms with Crippen LogP contribution < -0.4 is 15.5 Å². The molecule has 9 heteroatoms. The van der Waals surface area contributed by atoms with Gasteiger partial charge in [-0.15, -0.1) is 0 Å². The first-order chi connectivity index (χ1) is 18.0. The van der Waals surface area contributed by atoms with E-state index in [-0.39, 0.29) is 23.3 Å². The number of aromatic hydroxyl groups is 1. The summed E-state index contributed by atoms with van der Waals surface area (Å²) in [5.41, 5.74) is 5.35. The highest BCUT2D eigenvalue weighted by Gasteiger charge is 2.51. The molecule has 3 aliphatic rings. The van der Waals surface area contributed by atoms with Crippen LogP contribution in [0.15, 0.2) is 67.1 Å². The predicted octanol–water partition coefficient (Wildman–Crippen LogP) is 3.51. The smallest absolute Gasteiger partial charge is 0.277 e. The lowest BCUT2D eigenvalue weighted by Crippen LogP contribution is -2.35. The minimum absolute atomic E-state index is 0.0114. The molecule has 2 aliphatic heterocycles. The van der Waals surface area contributed by atoms with Gasteiger partial charge in [-0.1, -0.05) is 18.2 Å². The Morgan fingerprint density at radius 1 is 1.00 bits per heavy atom. The summed E-state index contributed by atoms with van der Waals surface area (Å²) in [6, 6.07) is 16.6. The Bertz CT molecular complexity index is 1620. The Morgan fingerprint density at radius 3 is 2.78 bits per heavy atom. The zero-order chi connectivity index (χ0) is 25.1. The number of fused-ring (bicyclic) bond motifs is 4. The number of anilines is 4. The van der Waals surface area contributed by atoms with Crippen molar-refractivity contribution in [1.29, 1.82) is 0 Å². The second kappa shape index (κ2) is 7.86. The molecule has 1 aliphatic carbocycles. The van der Waals surface area contributed by atoms with Gasteiger partial charge in [0.15, 0.2) is 0 Å². The third kappa shape index (κ3) is 3.35. The number of hydrogen-bond acceptors (Lipinski definition) is 7. The topological polar surface area (TPSA) is 120 Å². The summed E-state index contributed by atoms with van der Waals surface area (Å²) >= 11 is 0. The Labute approximate surface area is 212 Å². The maximum Gasteiger partial charge on any atom is 0.277 e. The van der Waals surface area contributed by atoms with Crippen molar-refractivity contribution in [2.45, 2.75) is 24.7 Å². The Kier molecular flexibility index (Phi) is 4.56. The molecule has 3 N–H and O–H groups in total. The number of benzene rings is 2. The van der Waals surface area contributed by atoms with Gasteiger partial charge < -0.3 is 20.6 Å². The van der Waals surface area contributed by atoms with E-state index in [1.54, 1.807) is 29.3 Å². The number of phenolic OH excluding ortho intramolecular Hbond substituents is 1. The Balaban J connectivity index is 1.13. The van der Waals surface area contributed by atoms with E-state index in [1.807, 2.05) is 36.4 Å². The van der Waals surface area contributed by atoms with Gasteiger partial charge in [0.1, 0.15) is 29.4 Å². The first-order valence-electron chi connectivity index (χ1n) is 12.1. The lowest BCUT2D eigenvalue weighted by Gasteiger charge is -2.20. The van der Waals surface area contributed by atoms with Gasteiger partial charge in [0.05, 0.1) is 11.1 Å². The van der Waals surface area contributed by atoms with E-state index in [1.165, 1.54) is 6.33 Å². The number of nitrogens with one attached hydrogen (secondary N) is 2. The fourth-order valence-corrected chi connectivity index (χ4v) is 5.75. The fourth-order valence-electron chi connectivity index (χ4n) is 5.75. The quantitative estimate of drug-likeness (QED) is 0.402. The van der Waals surface area contributed by atoms with Crippen molar-refractivity contribution in [3.8, 4) is 5.75 Å². The van der Waals surface area contributed by atoms with E-state index in [2.05, 4.69) is 25.6 Å². The molecule has 0 fully saturated rings. The summed E-state index contributed by atoms with van der Waals surface area (Å²) in [6.07, 6.45) is 5.01. The molecule has 37 heavy (non-hydrogen) atoms. The SMILES string of the molecule is O=C(c1cc(Nc2ccc3c(c2)CC2(C3)C(=O)Nc3ncccc32)ncn1)N1CCc2ccc(O)cc21. The zero-order valence-electron chi connectivity index (χ0n) is 19.7. The van der Waals surface area contributed by atoms with Crippen LogP contribution in [0, 0.1) is 0 Å². The van der Waals surface area contributed by atoms with E-state index < -0.39 is 5.41 Å². The van der Waals surface area contributed by atoms with Gasteiger partial charge in [-0.3, -0.25) is 9.59 Å². The van der Waals surface area contributed by atoms with Gasteiger partial charge in [-0.05, 0) is 60.2 Å². The molecule has 0 saturated carbocycles. The van der Waals surface area contributed by atoms with Crippen molar-refractivity contribution in [2.24, 2.45) is 0 Å². The fraction of sp³-hybridized carbons (Fsp3) is 0.179. The number of phenols is 1. The number of aromatic nitrogens is 3. The third-order valence-electron chi connectivity index (χ3n) is 7.55. The number of hydrogen-bond donors (Lipinski definition) is 3. The minimum Gasteiger partial charge on any atom is -0.508 e. The van der Waals surface area contributed by atoms with Crippen LogP contribution in [-0.2, 0) is 29.5 Å². The van der Waals surface area contributed by atoms with Crippen LogP contribution in [0.4, 0.5) is 23.0 Å². The van der Waals surface area contributed by atoms with Gasteiger partial charge in [0.25, 0.3) is 5.91 Å². The average Bonchev–Trinajstić information content (AvgIpc) is 3.57. The summed E-state index contributed by atoms with van der Waals surface area (Å²) in [7, 11) is 0. The van der Waals surface area contributed by atoms with Gasteiger partial charge in [-0.2, -0.15) is 0 Å². The number of carbonyl (C=O) groups excluding carboxylic acids is 2. The Morgan fingerprint density at radius 2 is 1.86 bits per heavy atom. The molecule has 1 unspecified atom stereocenters. The first-order valence-corrected chi connectivity index (χ1v) is 12.1. The summed E-state index contributed by atoms with van der Waals surface area (Å²) in [5.74, 6) is 1.01. The largest absolute Gasteiger partial charge is 0.508 e. The van der Waals surface area contributed by atoms with Crippen molar-refractivity contribution in [3.63, 3.8) is 0 Å². The van der Waals surface area contributed by atoms with Gasteiger partial charge >= 0.3 is 0 Å². The molecule has 4 heterocycles. The molecule has 2 aromatic carbocycles. The molecule has 0 bridgehead atoms. The second-order valence-corrected chi connectivity index (χ2v) is 9.71. The van der Waals surface area contributed by atoms with Crippen LogP contribution in [0.1, 0.15) is 32.7 Å². The molecule has 1 spiro atoms. The van der Waals surface area contributed by atoms with Crippen LogP contribution in [0.2, 0.25) is 0 Å². The third-order valence-corrected chi connectivity index (χ3v) is 7.55. The normalized spacial score (nSPS) is 18.9. The summed E-state index contributed by atoms with van der Waals surface area (Å²) < 4.78 is 0. The first kappa shape index (κ1) is 21.5. The molecule has 7 rings (SSSR count). The van der Waals surface area contributed by atoms with E-state index in [9.17, 15) is 14.7 Å². The molecule has 2 amide bonds. The monoisotopic (exact) mass is 490 g/mol. The van der Waals surface area contributed by atoms with E-state index in [0.717, 1.165) is 34.4 Å². The molecule has 2 aromatic heterocycles. The van der Waals surface area contributed by atoms with Crippen molar-refractivity contribution in [1.82, 2.24) is 15.0 Å². The maximum absolute atomic E-state index is 13.2. The van der Waals surface area contributed by atoms with E-state index in [4.69, 9.17) is 0 Å². The number of amides is 2. The zero-order valence-corrected chi connectivity index (χ0v) is 19.7.